The summed E-state index contributed by atoms with van der Waals surface area (Å²) in [6, 6.07) is 0. The third-order valence-corrected chi connectivity index (χ3v) is 2.82. The van der Waals surface area contributed by atoms with E-state index in [0.717, 1.165) is 12.8 Å². The minimum Gasteiger partial charge on any atom is -0.550 e. The van der Waals surface area contributed by atoms with Gasteiger partial charge < -0.3 is 14.6 Å². The van der Waals surface area contributed by atoms with E-state index in [1.54, 1.807) is 0 Å². The lowest BCUT2D eigenvalue weighted by Crippen LogP contribution is -2.37. The highest BCUT2D eigenvalue weighted by molar-refractivity contribution is 9.09. The molecule has 0 amide bonds. The van der Waals surface area contributed by atoms with Crippen molar-refractivity contribution in [3.05, 3.63) is 0 Å². The van der Waals surface area contributed by atoms with E-state index < -0.39 is 11.9 Å². The molecule has 0 aromatic rings. The van der Waals surface area contributed by atoms with E-state index in [2.05, 4.69) is 15.9 Å². The number of esters is 1. The summed E-state index contributed by atoms with van der Waals surface area (Å²) in [6.45, 7) is 0. The van der Waals surface area contributed by atoms with E-state index in [1.165, 1.54) is 0 Å². The third kappa shape index (κ3) is 3.29. The molecule has 14 heavy (non-hydrogen) atoms. The fourth-order valence-electron chi connectivity index (χ4n) is 1.68. The van der Waals surface area contributed by atoms with Gasteiger partial charge in [0.05, 0.1) is 0 Å². The Labute approximate surface area is 90.8 Å². The summed E-state index contributed by atoms with van der Waals surface area (Å²) in [6.07, 6.45) is 2.30. The molecule has 0 heterocycles. The van der Waals surface area contributed by atoms with E-state index in [4.69, 9.17) is 4.74 Å². The molecule has 0 aromatic heterocycles. The van der Waals surface area contributed by atoms with Gasteiger partial charge in [-0.05, 0) is 25.7 Å². The van der Waals surface area contributed by atoms with Crippen LogP contribution in [0.3, 0.4) is 0 Å². The monoisotopic (exact) mass is 263 g/mol. The van der Waals surface area contributed by atoms with Crippen LogP contribution >= 0.6 is 15.9 Å². The van der Waals surface area contributed by atoms with Gasteiger partial charge in [0.2, 0.25) is 0 Å². The zero-order valence-corrected chi connectivity index (χ0v) is 9.29. The smallest absolute Gasteiger partial charge is 0.316 e. The Kier molecular flexibility index (Phi) is 4.38. The molecule has 1 aliphatic carbocycles. The molecule has 0 bridgehead atoms. The number of carboxylic acid groups (broad SMARTS) is 1. The SMILES string of the molecule is O=C(CBr)OC1CCCC(C(=O)[O-])C1. The maximum Gasteiger partial charge on any atom is 0.316 e. The average molecular weight is 264 g/mol. The molecule has 0 radical (unpaired) electrons. The quantitative estimate of drug-likeness (QED) is 0.540. The summed E-state index contributed by atoms with van der Waals surface area (Å²) < 4.78 is 5.04. The van der Waals surface area contributed by atoms with Crippen molar-refractivity contribution in [1.29, 1.82) is 0 Å². The predicted molar refractivity (Wildman–Crippen MR) is 50.6 cm³/mol. The van der Waals surface area contributed by atoms with Crippen molar-refractivity contribution >= 4 is 27.9 Å². The lowest BCUT2D eigenvalue weighted by atomic mass is 9.87. The zero-order chi connectivity index (χ0) is 10.6. The van der Waals surface area contributed by atoms with Gasteiger partial charge in [0.15, 0.2) is 0 Å². The van der Waals surface area contributed by atoms with Crippen molar-refractivity contribution in [1.82, 2.24) is 0 Å². The minimum atomic E-state index is -1.04. The number of alkyl halides is 1. The summed E-state index contributed by atoms with van der Waals surface area (Å²) in [5, 5.41) is 10.7. The Morgan fingerprint density at radius 2 is 2.14 bits per heavy atom. The second-order valence-electron chi connectivity index (χ2n) is 3.43. The highest BCUT2D eigenvalue weighted by Crippen LogP contribution is 2.26. The fourth-order valence-corrected chi connectivity index (χ4v) is 1.82. The van der Waals surface area contributed by atoms with E-state index in [0.29, 0.717) is 12.8 Å². The van der Waals surface area contributed by atoms with Crippen molar-refractivity contribution in [3.8, 4) is 0 Å². The van der Waals surface area contributed by atoms with Crippen LogP contribution in [0.15, 0.2) is 0 Å². The van der Waals surface area contributed by atoms with E-state index in [-0.39, 0.29) is 17.4 Å². The normalized spacial score (nSPS) is 26.9. The highest BCUT2D eigenvalue weighted by atomic mass is 79.9. The van der Waals surface area contributed by atoms with E-state index in [1.807, 2.05) is 0 Å². The second kappa shape index (κ2) is 5.34. The Morgan fingerprint density at radius 1 is 1.43 bits per heavy atom. The summed E-state index contributed by atoms with van der Waals surface area (Å²) in [5.74, 6) is -1.84. The van der Waals surface area contributed by atoms with Gasteiger partial charge in [-0.15, -0.1) is 0 Å². The van der Waals surface area contributed by atoms with Crippen LogP contribution in [0.1, 0.15) is 25.7 Å². The topological polar surface area (TPSA) is 66.4 Å². The Morgan fingerprint density at radius 3 is 2.71 bits per heavy atom. The van der Waals surface area contributed by atoms with Crippen LogP contribution in [-0.4, -0.2) is 23.4 Å². The lowest BCUT2D eigenvalue weighted by Gasteiger charge is -2.29. The van der Waals surface area contributed by atoms with Gasteiger partial charge >= 0.3 is 5.97 Å². The second-order valence-corrected chi connectivity index (χ2v) is 3.99. The van der Waals surface area contributed by atoms with Crippen molar-refractivity contribution in [2.75, 3.05) is 5.33 Å². The first-order chi connectivity index (χ1) is 6.63. The molecule has 5 heteroatoms. The molecule has 0 saturated heterocycles. The molecule has 0 aromatic carbocycles. The summed E-state index contributed by atoms with van der Waals surface area (Å²) in [7, 11) is 0. The van der Waals surface area contributed by atoms with Gasteiger partial charge in [0, 0.05) is 11.9 Å². The molecule has 80 valence electrons. The Bertz CT molecular complexity index is 229. The first-order valence-corrected chi connectivity index (χ1v) is 5.72. The first-order valence-electron chi connectivity index (χ1n) is 4.59. The number of ether oxygens (including phenoxy) is 1. The van der Waals surface area contributed by atoms with Gasteiger partial charge in [-0.2, -0.15) is 0 Å². The summed E-state index contributed by atoms with van der Waals surface area (Å²) in [5.41, 5.74) is 0. The molecule has 1 rings (SSSR count). The third-order valence-electron chi connectivity index (χ3n) is 2.37. The molecular formula is C9H12BrO4-. The fraction of sp³-hybridized carbons (Fsp3) is 0.778. The molecular weight excluding hydrogens is 252 g/mol. The predicted octanol–water partition coefficient (Wildman–Crippen LogP) is 0.233. The molecule has 0 N–H and O–H groups in total. The first kappa shape index (κ1) is 11.5. The van der Waals surface area contributed by atoms with Crippen molar-refractivity contribution in [2.24, 2.45) is 5.92 Å². The van der Waals surface area contributed by atoms with Gasteiger partial charge in [0.1, 0.15) is 11.4 Å². The average Bonchev–Trinajstić information content (AvgIpc) is 2.18. The molecule has 1 saturated carbocycles. The molecule has 4 nitrogen and oxygen atoms in total. The van der Waals surface area contributed by atoms with Gasteiger partial charge in [-0.25, -0.2) is 0 Å². The van der Waals surface area contributed by atoms with Crippen molar-refractivity contribution in [3.63, 3.8) is 0 Å². The van der Waals surface area contributed by atoms with Gasteiger partial charge in [0.25, 0.3) is 0 Å². The van der Waals surface area contributed by atoms with Gasteiger partial charge in [-0.3, -0.25) is 4.79 Å². The molecule has 1 aliphatic rings. The maximum atomic E-state index is 10.9. The number of hydrogen-bond acceptors (Lipinski definition) is 4. The summed E-state index contributed by atoms with van der Waals surface area (Å²) >= 11 is 2.98. The number of hydrogen-bond donors (Lipinski definition) is 0. The number of halogens is 1. The number of rotatable bonds is 3. The van der Waals surface area contributed by atoms with Crippen LogP contribution in [0.5, 0.6) is 0 Å². The van der Waals surface area contributed by atoms with Crippen LogP contribution in [0.25, 0.3) is 0 Å². The summed E-state index contributed by atoms with van der Waals surface area (Å²) in [4.78, 5) is 21.5. The van der Waals surface area contributed by atoms with E-state index in [9.17, 15) is 14.7 Å². The number of carbonyl (C=O) groups is 2. The van der Waals surface area contributed by atoms with Crippen LogP contribution in [0, 0.1) is 5.92 Å². The maximum absolute atomic E-state index is 10.9. The van der Waals surface area contributed by atoms with Crippen LogP contribution < -0.4 is 5.11 Å². The number of carboxylic acids is 1. The molecule has 1 fully saturated rings. The van der Waals surface area contributed by atoms with Crippen LogP contribution in [0.4, 0.5) is 0 Å². The molecule has 0 aliphatic heterocycles. The van der Waals surface area contributed by atoms with E-state index >= 15 is 0 Å². The highest BCUT2D eigenvalue weighted by Gasteiger charge is 2.25. The Balaban J connectivity index is 2.40. The zero-order valence-electron chi connectivity index (χ0n) is 7.70. The molecule has 0 spiro atoms. The van der Waals surface area contributed by atoms with Crippen molar-refractivity contribution in [2.45, 2.75) is 31.8 Å². The van der Waals surface area contributed by atoms with Crippen LogP contribution in [-0.2, 0) is 14.3 Å². The molecule has 2 atom stereocenters. The van der Waals surface area contributed by atoms with Gasteiger partial charge in [-0.1, -0.05) is 15.9 Å². The van der Waals surface area contributed by atoms with Crippen molar-refractivity contribution < 1.29 is 19.4 Å². The molecule has 2 unspecified atom stereocenters. The Hall–Kier alpha value is -0.580. The number of carbonyl (C=O) groups excluding carboxylic acids is 2. The van der Waals surface area contributed by atoms with Crippen LogP contribution in [0.2, 0.25) is 0 Å². The minimum absolute atomic E-state index is 0.152. The number of aliphatic carboxylic acids is 1. The lowest BCUT2D eigenvalue weighted by molar-refractivity contribution is -0.313. The standard InChI is InChI=1S/C9H13BrO4/c10-5-8(11)14-7-3-1-2-6(4-7)9(12)13/h6-7H,1-5H2,(H,12,13)/p-1. The largest absolute Gasteiger partial charge is 0.550 e.